The van der Waals surface area contributed by atoms with Crippen molar-refractivity contribution in [2.45, 2.75) is 16.5 Å². The summed E-state index contributed by atoms with van der Waals surface area (Å²) in [5, 5.41) is 6.41. The molecule has 0 fully saturated rings. The molecule has 0 radical (unpaired) electrons. The quantitative estimate of drug-likeness (QED) is 0.438. The average Bonchev–Trinajstić information content (AvgIpc) is 3.39. The normalized spacial score (nSPS) is 10.7. The largest absolute Gasteiger partial charge is 0.452 e. The van der Waals surface area contributed by atoms with Gasteiger partial charge < -0.3 is 9.26 Å². The third-order valence-corrected chi connectivity index (χ3v) is 5.38. The summed E-state index contributed by atoms with van der Waals surface area (Å²) in [4.78, 5) is 22.9. The third-order valence-electron chi connectivity index (χ3n) is 3.49. The van der Waals surface area contributed by atoms with Crippen molar-refractivity contribution in [3.8, 4) is 10.7 Å². The van der Waals surface area contributed by atoms with Gasteiger partial charge in [0.25, 0.3) is 5.89 Å². The van der Waals surface area contributed by atoms with Gasteiger partial charge in [-0.15, -0.1) is 11.3 Å². The highest BCUT2D eigenvalue weighted by Gasteiger charge is 2.17. The lowest BCUT2D eigenvalue weighted by molar-refractivity contribution is 0.0424. The summed E-state index contributed by atoms with van der Waals surface area (Å²) in [5.74, 6) is 0.239. The smallest absolute Gasteiger partial charge is 0.341 e. The fourth-order valence-corrected chi connectivity index (χ4v) is 3.79. The van der Waals surface area contributed by atoms with Crippen LogP contribution in [0.25, 0.3) is 10.7 Å². The van der Waals surface area contributed by atoms with Gasteiger partial charge in [-0.3, -0.25) is 0 Å². The molecule has 0 saturated heterocycles. The zero-order valence-corrected chi connectivity index (χ0v) is 15.6. The Morgan fingerprint density at radius 1 is 1.11 bits per heavy atom. The Labute approximate surface area is 163 Å². The number of pyridine rings is 1. The molecule has 0 aliphatic carbocycles. The fraction of sp³-hybridized carbons (Fsp3) is 0.0526. The molecular formula is C19H13N3O3S2. The lowest BCUT2D eigenvalue weighted by atomic mass is 10.3. The Bertz CT molecular complexity index is 1030. The number of carbonyl (C=O) groups is 1. The van der Waals surface area contributed by atoms with Gasteiger partial charge in [0.05, 0.1) is 10.4 Å². The van der Waals surface area contributed by atoms with E-state index < -0.39 is 5.97 Å². The van der Waals surface area contributed by atoms with Gasteiger partial charge in [0.1, 0.15) is 5.03 Å². The monoisotopic (exact) mass is 395 g/mol. The van der Waals surface area contributed by atoms with Gasteiger partial charge in [0.15, 0.2) is 6.61 Å². The van der Waals surface area contributed by atoms with Gasteiger partial charge in [0.2, 0.25) is 5.82 Å². The number of thiophene rings is 1. The zero-order valence-electron chi connectivity index (χ0n) is 13.9. The fourth-order valence-electron chi connectivity index (χ4n) is 2.25. The first-order valence-corrected chi connectivity index (χ1v) is 9.71. The number of rotatable bonds is 6. The number of hydrogen-bond acceptors (Lipinski definition) is 8. The van der Waals surface area contributed by atoms with E-state index in [9.17, 15) is 4.79 Å². The highest BCUT2D eigenvalue weighted by atomic mass is 32.2. The maximum absolute atomic E-state index is 12.5. The molecule has 3 heterocycles. The summed E-state index contributed by atoms with van der Waals surface area (Å²) in [6, 6.07) is 16.9. The molecule has 3 aromatic heterocycles. The predicted octanol–water partition coefficient (Wildman–Crippen LogP) is 4.70. The summed E-state index contributed by atoms with van der Waals surface area (Å²) in [6.45, 7) is -0.0957. The van der Waals surface area contributed by atoms with Crippen molar-refractivity contribution in [3.05, 3.63) is 77.6 Å². The molecular weight excluding hydrogens is 382 g/mol. The van der Waals surface area contributed by atoms with Gasteiger partial charge in [-0.1, -0.05) is 41.2 Å². The molecule has 6 nitrogen and oxygen atoms in total. The maximum atomic E-state index is 12.5. The van der Waals surface area contributed by atoms with Crippen molar-refractivity contribution in [1.29, 1.82) is 0 Å². The molecule has 0 amide bonds. The van der Waals surface area contributed by atoms with Crippen LogP contribution in [0.2, 0.25) is 0 Å². The minimum Gasteiger partial charge on any atom is -0.452 e. The van der Waals surface area contributed by atoms with Gasteiger partial charge >= 0.3 is 5.97 Å². The number of ether oxygens (including phenoxy) is 1. The number of carbonyl (C=O) groups excluding carboxylic acids is 1. The van der Waals surface area contributed by atoms with E-state index in [4.69, 9.17) is 9.26 Å². The third kappa shape index (κ3) is 4.24. The molecule has 4 aromatic rings. The van der Waals surface area contributed by atoms with Crippen LogP contribution in [-0.4, -0.2) is 21.1 Å². The number of aromatic nitrogens is 3. The summed E-state index contributed by atoms with van der Waals surface area (Å²) >= 11 is 2.91. The second-order valence-corrected chi connectivity index (χ2v) is 7.35. The van der Waals surface area contributed by atoms with Crippen molar-refractivity contribution in [2.24, 2.45) is 0 Å². The topological polar surface area (TPSA) is 78.1 Å². The van der Waals surface area contributed by atoms with Gasteiger partial charge in [-0.25, -0.2) is 9.78 Å². The van der Waals surface area contributed by atoms with E-state index in [2.05, 4.69) is 15.1 Å². The van der Waals surface area contributed by atoms with E-state index in [-0.39, 0.29) is 12.5 Å². The second-order valence-electron chi connectivity index (χ2n) is 5.34. The Kier molecular flexibility index (Phi) is 5.27. The van der Waals surface area contributed by atoms with E-state index in [0.29, 0.717) is 16.4 Å². The number of esters is 1. The summed E-state index contributed by atoms with van der Waals surface area (Å²) in [7, 11) is 0. The van der Waals surface area contributed by atoms with Crippen LogP contribution in [0.15, 0.2) is 80.6 Å². The molecule has 0 N–H and O–H groups in total. The Hall–Kier alpha value is -2.97. The van der Waals surface area contributed by atoms with Crippen LogP contribution in [0.1, 0.15) is 16.2 Å². The van der Waals surface area contributed by atoms with E-state index in [1.165, 1.54) is 23.1 Å². The number of hydrogen-bond donors (Lipinski definition) is 0. The molecule has 0 atom stereocenters. The first kappa shape index (κ1) is 17.4. The predicted molar refractivity (Wildman–Crippen MR) is 102 cm³/mol. The maximum Gasteiger partial charge on any atom is 0.341 e. The van der Waals surface area contributed by atoms with E-state index in [1.54, 1.807) is 18.3 Å². The van der Waals surface area contributed by atoms with E-state index >= 15 is 0 Å². The highest BCUT2D eigenvalue weighted by Crippen LogP contribution is 2.29. The Balaban J connectivity index is 1.44. The lowest BCUT2D eigenvalue weighted by Gasteiger charge is -2.07. The van der Waals surface area contributed by atoms with Crippen LogP contribution in [-0.2, 0) is 11.3 Å². The van der Waals surface area contributed by atoms with E-state index in [1.807, 2.05) is 47.8 Å². The van der Waals surface area contributed by atoms with Crippen LogP contribution in [0.4, 0.5) is 0 Å². The molecule has 0 aliphatic rings. The molecule has 8 heteroatoms. The lowest BCUT2D eigenvalue weighted by Crippen LogP contribution is -2.07. The van der Waals surface area contributed by atoms with Crippen LogP contribution >= 0.6 is 23.1 Å². The summed E-state index contributed by atoms with van der Waals surface area (Å²) < 4.78 is 10.5. The van der Waals surface area contributed by atoms with E-state index in [0.717, 1.165) is 9.77 Å². The van der Waals surface area contributed by atoms with Crippen molar-refractivity contribution >= 4 is 29.1 Å². The molecule has 4 rings (SSSR count). The first-order chi connectivity index (χ1) is 13.3. The van der Waals surface area contributed by atoms with Gasteiger partial charge in [0, 0.05) is 11.1 Å². The molecule has 0 aliphatic heterocycles. The molecule has 0 spiro atoms. The van der Waals surface area contributed by atoms with Crippen molar-refractivity contribution in [2.75, 3.05) is 0 Å². The molecule has 0 saturated carbocycles. The first-order valence-electron chi connectivity index (χ1n) is 8.01. The Morgan fingerprint density at radius 2 is 2.00 bits per heavy atom. The molecule has 27 heavy (non-hydrogen) atoms. The van der Waals surface area contributed by atoms with Crippen LogP contribution in [0.5, 0.6) is 0 Å². The standard InChI is InChI=1S/C19H13N3O3S2/c23-19(24-12-16-21-17(22-25-16)15-9-5-11-26-15)14-8-4-10-20-18(14)27-13-6-2-1-3-7-13/h1-11H,12H2. The van der Waals surface area contributed by atoms with Crippen LogP contribution < -0.4 is 0 Å². The van der Waals surface area contributed by atoms with Crippen molar-refractivity contribution in [1.82, 2.24) is 15.1 Å². The molecule has 134 valence electrons. The summed E-state index contributed by atoms with van der Waals surface area (Å²) in [6.07, 6.45) is 1.65. The van der Waals surface area contributed by atoms with Crippen LogP contribution in [0.3, 0.4) is 0 Å². The SMILES string of the molecule is O=C(OCc1nc(-c2cccs2)no1)c1cccnc1Sc1ccccc1. The van der Waals surface area contributed by atoms with Crippen molar-refractivity contribution in [3.63, 3.8) is 0 Å². The second kappa shape index (κ2) is 8.15. The van der Waals surface area contributed by atoms with Crippen molar-refractivity contribution < 1.29 is 14.1 Å². The Morgan fingerprint density at radius 3 is 2.81 bits per heavy atom. The minimum atomic E-state index is -0.489. The average molecular weight is 395 g/mol. The molecule has 1 aromatic carbocycles. The zero-order chi connectivity index (χ0) is 18.5. The number of benzene rings is 1. The van der Waals surface area contributed by atoms with Gasteiger partial charge in [-0.05, 0) is 35.7 Å². The molecule has 0 unspecified atom stereocenters. The molecule has 0 bridgehead atoms. The highest BCUT2D eigenvalue weighted by molar-refractivity contribution is 7.99. The van der Waals surface area contributed by atoms with Gasteiger partial charge in [-0.2, -0.15) is 4.98 Å². The van der Waals surface area contributed by atoms with Crippen LogP contribution in [0, 0.1) is 0 Å². The summed E-state index contributed by atoms with van der Waals surface area (Å²) in [5.41, 5.74) is 0.393. The number of nitrogens with zero attached hydrogens (tertiary/aromatic N) is 3. The minimum absolute atomic E-state index is 0.0957.